The molecule has 1 fully saturated rings. The summed E-state index contributed by atoms with van der Waals surface area (Å²) in [6.45, 7) is 4.21. The van der Waals surface area contributed by atoms with Gasteiger partial charge in [0, 0.05) is 20.2 Å². The number of hydrogen-bond donors (Lipinski definition) is 1. The monoisotopic (exact) mass is 400 g/mol. The first-order valence-corrected chi connectivity index (χ1v) is 11.0. The van der Waals surface area contributed by atoms with E-state index in [2.05, 4.69) is 21.4 Å². The van der Waals surface area contributed by atoms with E-state index in [1.165, 1.54) is 37.0 Å². The van der Waals surface area contributed by atoms with Gasteiger partial charge < -0.3 is 15.0 Å². The Balaban J connectivity index is 1.52. The van der Waals surface area contributed by atoms with Crippen LogP contribution >= 0.6 is 11.3 Å². The molecule has 0 spiro atoms. The normalized spacial score (nSPS) is 19.6. The van der Waals surface area contributed by atoms with E-state index in [0.717, 1.165) is 52.5 Å². The van der Waals surface area contributed by atoms with E-state index in [1.54, 1.807) is 11.9 Å². The van der Waals surface area contributed by atoms with Crippen molar-refractivity contribution in [2.45, 2.75) is 51.5 Å². The van der Waals surface area contributed by atoms with E-state index in [0.29, 0.717) is 6.61 Å². The number of thiophene rings is 1. The first-order valence-electron chi connectivity index (χ1n) is 10.2. The molecule has 1 atom stereocenters. The lowest BCUT2D eigenvalue weighted by atomic mass is 9.97. The zero-order valence-electron chi connectivity index (χ0n) is 16.7. The lowest BCUT2D eigenvalue weighted by molar-refractivity contribution is 0.0715. The Morgan fingerprint density at radius 3 is 3.04 bits per heavy atom. The van der Waals surface area contributed by atoms with Crippen LogP contribution in [0.1, 0.15) is 53.8 Å². The maximum absolute atomic E-state index is 13.1. The van der Waals surface area contributed by atoms with E-state index in [1.807, 2.05) is 18.9 Å². The van der Waals surface area contributed by atoms with E-state index in [9.17, 15) is 4.79 Å². The van der Waals surface area contributed by atoms with E-state index in [4.69, 9.17) is 4.74 Å². The average molecular weight is 401 g/mol. The summed E-state index contributed by atoms with van der Waals surface area (Å²) in [5, 5.41) is 4.46. The van der Waals surface area contributed by atoms with Gasteiger partial charge in [-0.1, -0.05) is 11.6 Å². The molecule has 0 radical (unpaired) electrons. The van der Waals surface area contributed by atoms with Crippen LogP contribution in [0.25, 0.3) is 10.2 Å². The highest BCUT2D eigenvalue weighted by atomic mass is 32.1. The number of anilines is 1. The fourth-order valence-corrected chi connectivity index (χ4v) is 5.17. The van der Waals surface area contributed by atoms with Crippen LogP contribution in [-0.4, -0.2) is 53.6 Å². The van der Waals surface area contributed by atoms with Gasteiger partial charge in [0.15, 0.2) is 0 Å². The van der Waals surface area contributed by atoms with Crippen LogP contribution in [0.15, 0.2) is 18.0 Å². The van der Waals surface area contributed by atoms with E-state index >= 15 is 0 Å². The number of likely N-dealkylation sites (N-methyl/N-ethyl adjacent to an activating group) is 1. The number of fused-ring (bicyclic) bond motifs is 1. The molecule has 0 bridgehead atoms. The maximum Gasteiger partial charge on any atom is 0.264 e. The molecule has 4 rings (SSSR count). The summed E-state index contributed by atoms with van der Waals surface area (Å²) in [4.78, 5) is 25.4. The number of aromatic nitrogens is 2. The van der Waals surface area contributed by atoms with Gasteiger partial charge in [-0.2, -0.15) is 0 Å². The van der Waals surface area contributed by atoms with Crippen LogP contribution in [0.5, 0.6) is 0 Å². The number of carbonyl (C=O) groups is 1. The predicted octanol–water partition coefficient (Wildman–Crippen LogP) is 4.16. The van der Waals surface area contributed by atoms with Crippen molar-refractivity contribution in [3.8, 4) is 0 Å². The lowest BCUT2D eigenvalue weighted by Gasteiger charge is -2.22. The highest BCUT2D eigenvalue weighted by Gasteiger charge is 2.28. The molecule has 1 aliphatic heterocycles. The molecule has 0 aromatic carbocycles. The molecular formula is C21H28N4O2S. The molecule has 3 heterocycles. The highest BCUT2D eigenvalue weighted by Crippen LogP contribution is 2.34. The minimum atomic E-state index is 0.0503. The van der Waals surface area contributed by atoms with Crippen molar-refractivity contribution in [2.75, 3.05) is 32.1 Å². The second-order valence-corrected chi connectivity index (χ2v) is 8.68. The highest BCUT2D eigenvalue weighted by molar-refractivity contribution is 7.20. The van der Waals surface area contributed by atoms with Gasteiger partial charge in [-0.15, -0.1) is 11.3 Å². The Morgan fingerprint density at radius 2 is 2.29 bits per heavy atom. The molecule has 2 aromatic heterocycles. The molecule has 6 nitrogen and oxygen atoms in total. The standard InChI is InChI=1S/C21H28N4O2S/c1-14-17-19(22-10-8-15-6-4-3-5-7-15)23-13-24-20(17)28-18(14)21(26)25(2)16-9-11-27-12-16/h6,13,16H,3-5,7-12H2,1-2H3,(H,22,23,24)/t16-/m1/s1. The van der Waals surface area contributed by atoms with Crippen LogP contribution in [0.4, 0.5) is 5.82 Å². The molecule has 1 aliphatic carbocycles. The summed E-state index contributed by atoms with van der Waals surface area (Å²) in [6.07, 6.45) is 11.0. The Kier molecular flexibility index (Phi) is 5.92. The van der Waals surface area contributed by atoms with Crippen molar-refractivity contribution in [3.05, 3.63) is 28.4 Å². The van der Waals surface area contributed by atoms with Gasteiger partial charge in [0.05, 0.1) is 22.9 Å². The van der Waals surface area contributed by atoms with Crippen molar-refractivity contribution in [3.63, 3.8) is 0 Å². The number of allylic oxidation sites excluding steroid dienone is 1. The van der Waals surface area contributed by atoms with Gasteiger partial charge in [-0.25, -0.2) is 9.97 Å². The van der Waals surface area contributed by atoms with Crippen molar-refractivity contribution in [2.24, 2.45) is 0 Å². The van der Waals surface area contributed by atoms with E-state index in [-0.39, 0.29) is 11.9 Å². The summed E-state index contributed by atoms with van der Waals surface area (Å²) >= 11 is 1.46. The van der Waals surface area contributed by atoms with Crippen molar-refractivity contribution < 1.29 is 9.53 Å². The van der Waals surface area contributed by atoms with Crippen LogP contribution < -0.4 is 5.32 Å². The number of ether oxygens (including phenoxy) is 1. The number of hydrogen-bond acceptors (Lipinski definition) is 6. The van der Waals surface area contributed by atoms with Crippen LogP contribution in [0.2, 0.25) is 0 Å². The summed E-state index contributed by atoms with van der Waals surface area (Å²) < 4.78 is 5.44. The topological polar surface area (TPSA) is 67.4 Å². The largest absolute Gasteiger partial charge is 0.379 e. The van der Waals surface area contributed by atoms with Crippen LogP contribution in [0, 0.1) is 6.92 Å². The number of rotatable bonds is 6. The second kappa shape index (κ2) is 8.57. The Morgan fingerprint density at radius 1 is 1.39 bits per heavy atom. The van der Waals surface area contributed by atoms with Gasteiger partial charge in [0.2, 0.25) is 0 Å². The fraction of sp³-hybridized carbons (Fsp3) is 0.571. The first kappa shape index (κ1) is 19.3. The van der Waals surface area contributed by atoms with Gasteiger partial charge in [-0.05, 0) is 51.0 Å². The van der Waals surface area contributed by atoms with Gasteiger partial charge >= 0.3 is 0 Å². The quantitative estimate of drug-likeness (QED) is 0.738. The summed E-state index contributed by atoms with van der Waals surface area (Å²) in [5.74, 6) is 0.885. The Bertz CT molecular complexity index is 886. The third kappa shape index (κ3) is 3.91. The van der Waals surface area contributed by atoms with E-state index < -0.39 is 0 Å². The molecule has 0 unspecified atom stereocenters. The molecule has 7 heteroatoms. The first-order chi connectivity index (χ1) is 13.6. The summed E-state index contributed by atoms with van der Waals surface area (Å²) in [5.41, 5.74) is 2.51. The number of aryl methyl sites for hydroxylation is 1. The smallest absolute Gasteiger partial charge is 0.264 e. The predicted molar refractivity (Wildman–Crippen MR) is 113 cm³/mol. The van der Waals surface area contributed by atoms with Crippen molar-refractivity contribution in [1.82, 2.24) is 14.9 Å². The average Bonchev–Trinajstić information content (AvgIpc) is 3.37. The Labute approximate surface area is 170 Å². The number of nitrogens with one attached hydrogen (secondary N) is 1. The SMILES string of the molecule is Cc1c(C(=O)N(C)[C@@H]2CCOC2)sc2ncnc(NCCC3=CCCCC3)c12. The zero-order chi connectivity index (χ0) is 19.5. The molecule has 1 amide bonds. The van der Waals surface area contributed by atoms with Gasteiger partial charge in [0.25, 0.3) is 5.91 Å². The Hall–Kier alpha value is -1.99. The number of amides is 1. The minimum absolute atomic E-state index is 0.0503. The number of carbonyl (C=O) groups excluding carboxylic acids is 1. The van der Waals surface area contributed by atoms with Gasteiger partial charge in [0.1, 0.15) is 17.0 Å². The molecule has 1 N–H and O–H groups in total. The van der Waals surface area contributed by atoms with Crippen molar-refractivity contribution >= 4 is 33.3 Å². The fourth-order valence-electron chi connectivity index (χ4n) is 4.04. The number of nitrogens with zero attached hydrogens (tertiary/aromatic N) is 3. The maximum atomic E-state index is 13.1. The molecule has 28 heavy (non-hydrogen) atoms. The second-order valence-electron chi connectivity index (χ2n) is 7.68. The molecule has 150 valence electrons. The molecule has 2 aromatic rings. The van der Waals surface area contributed by atoms with Gasteiger partial charge in [-0.3, -0.25) is 4.79 Å². The molecule has 0 saturated carbocycles. The lowest BCUT2D eigenvalue weighted by Crippen LogP contribution is -2.37. The molecular weight excluding hydrogens is 372 g/mol. The minimum Gasteiger partial charge on any atom is -0.379 e. The third-order valence-electron chi connectivity index (χ3n) is 5.82. The third-order valence-corrected chi connectivity index (χ3v) is 7.01. The summed E-state index contributed by atoms with van der Waals surface area (Å²) in [7, 11) is 1.87. The molecule has 2 aliphatic rings. The molecule has 1 saturated heterocycles. The van der Waals surface area contributed by atoms with Crippen molar-refractivity contribution in [1.29, 1.82) is 0 Å². The summed E-state index contributed by atoms with van der Waals surface area (Å²) in [6, 6.07) is 0.157. The van der Waals surface area contributed by atoms with Crippen LogP contribution in [0.3, 0.4) is 0 Å². The van der Waals surface area contributed by atoms with Crippen LogP contribution in [-0.2, 0) is 4.74 Å². The zero-order valence-corrected chi connectivity index (χ0v) is 17.5.